The van der Waals surface area contributed by atoms with Crippen molar-refractivity contribution < 1.29 is 23.8 Å². The van der Waals surface area contributed by atoms with Crippen molar-refractivity contribution in [3.05, 3.63) is 11.1 Å². The lowest BCUT2D eigenvalue weighted by Crippen LogP contribution is -2.53. The van der Waals surface area contributed by atoms with Crippen molar-refractivity contribution >= 4 is 11.8 Å². The second kappa shape index (κ2) is 5.21. The minimum atomic E-state index is -0.668. The molecule has 0 aromatic carbocycles. The molecule has 1 heterocycles. The van der Waals surface area contributed by atoms with E-state index in [1.165, 1.54) is 0 Å². The smallest absolute Gasteiger partial charge is 0.341 e. The third-order valence-corrected chi connectivity index (χ3v) is 5.11. The number of rotatable bonds is 2. The molecule has 3 aliphatic rings. The minimum Gasteiger partial charge on any atom is -0.462 e. The molecule has 1 aliphatic heterocycles. The van der Waals surface area contributed by atoms with Gasteiger partial charge in [0.1, 0.15) is 5.57 Å². The van der Waals surface area contributed by atoms with Crippen molar-refractivity contribution in [1.29, 1.82) is 0 Å². The molecule has 1 atom stereocenters. The van der Waals surface area contributed by atoms with Gasteiger partial charge in [-0.25, -0.2) is 4.79 Å². The Morgan fingerprint density at radius 2 is 1.95 bits per heavy atom. The zero-order chi connectivity index (χ0) is 15.1. The standard InChI is InChI=1S/C16H22O5/c1-3-19-14(18)13-11-5-4-7-16(20-9-10-21-16)15(11,2)8-6-12(13)17/h3-10H2,1-2H3/t15-/m0/s1. The zero-order valence-corrected chi connectivity index (χ0v) is 12.7. The predicted octanol–water partition coefficient (Wildman–Crippen LogP) is 2.14. The number of ether oxygens (including phenoxy) is 3. The Hall–Kier alpha value is -1.20. The molecule has 0 aromatic heterocycles. The number of carbonyl (C=O) groups is 2. The lowest BCUT2D eigenvalue weighted by molar-refractivity contribution is -0.237. The van der Waals surface area contributed by atoms with Crippen LogP contribution in [0.2, 0.25) is 0 Å². The summed E-state index contributed by atoms with van der Waals surface area (Å²) in [6, 6.07) is 0. The van der Waals surface area contributed by atoms with E-state index in [1.54, 1.807) is 6.92 Å². The topological polar surface area (TPSA) is 61.8 Å². The Balaban J connectivity index is 2.08. The molecule has 3 rings (SSSR count). The van der Waals surface area contributed by atoms with Crippen LogP contribution in [0, 0.1) is 5.41 Å². The van der Waals surface area contributed by atoms with Crippen molar-refractivity contribution in [2.45, 2.75) is 51.7 Å². The first-order valence-electron chi connectivity index (χ1n) is 7.76. The molecule has 2 aliphatic carbocycles. The zero-order valence-electron chi connectivity index (χ0n) is 12.7. The number of hydrogen-bond donors (Lipinski definition) is 0. The summed E-state index contributed by atoms with van der Waals surface area (Å²) in [6.45, 7) is 5.24. The van der Waals surface area contributed by atoms with E-state index in [0.717, 1.165) is 24.8 Å². The van der Waals surface area contributed by atoms with Gasteiger partial charge >= 0.3 is 5.97 Å². The predicted molar refractivity (Wildman–Crippen MR) is 74.5 cm³/mol. The van der Waals surface area contributed by atoms with Crippen LogP contribution in [0.1, 0.15) is 46.0 Å². The maximum absolute atomic E-state index is 12.3. The van der Waals surface area contributed by atoms with E-state index in [2.05, 4.69) is 6.92 Å². The molecular formula is C16H22O5. The van der Waals surface area contributed by atoms with E-state index < -0.39 is 17.2 Å². The second-order valence-electron chi connectivity index (χ2n) is 6.13. The van der Waals surface area contributed by atoms with Crippen molar-refractivity contribution in [3.63, 3.8) is 0 Å². The first kappa shape index (κ1) is 14.7. The van der Waals surface area contributed by atoms with Gasteiger partial charge in [-0.1, -0.05) is 6.92 Å². The van der Waals surface area contributed by atoms with Gasteiger partial charge in [0.05, 0.1) is 19.8 Å². The van der Waals surface area contributed by atoms with E-state index in [1.807, 2.05) is 0 Å². The van der Waals surface area contributed by atoms with E-state index >= 15 is 0 Å². The summed E-state index contributed by atoms with van der Waals surface area (Å²) in [5.41, 5.74) is 0.728. The quantitative estimate of drug-likeness (QED) is 0.577. The highest BCUT2D eigenvalue weighted by molar-refractivity contribution is 6.18. The first-order chi connectivity index (χ1) is 10.0. The fourth-order valence-corrected chi connectivity index (χ4v) is 4.04. The molecule has 0 unspecified atom stereocenters. The molecule has 2 fully saturated rings. The van der Waals surface area contributed by atoms with Crippen molar-refractivity contribution in [2.24, 2.45) is 5.41 Å². The highest BCUT2D eigenvalue weighted by Crippen LogP contribution is 2.57. The second-order valence-corrected chi connectivity index (χ2v) is 6.13. The lowest BCUT2D eigenvalue weighted by atomic mass is 9.60. The average Bonchev–Trinajstić information content (AvgIpc) is 2.92. The molecule has 0 N–H and O–H groups in total. The number of Topliss-reactive ketones (excluding diaryl/α,β-unsaturated/α-hetero) is 1. The number of esters is 1. The fourth-order valence-electron chi connectivity index (χ4n) is 4.04. The summed E-state index contributed by atoms with van der Waals surface area (Å²) >= 11 is 0. The molecule has 5 heteroatoms. The Morgan fingerprint density at radius 3 is 2.62 bits per heavy atom. The third kappa shape index (κ3) is 2.06. The summed E-state index contributed by atoms with van der Waals surface area (Å²) in [6.07, 6.45) is 3.44. The van der Waals surface area contributed by atoms with Crippen molar-refractivity contribution in [3.8, 4) is 0 Å². The molecule has 21 heavy (non-hydrogen) atoms. The molecule has 0 amide bonds. The van der Waals surface area contributed by atoms with Gasteiger partial charge in [0.2, 0.25) is 0 Å². The Kier molecular flexibility index (Phi) is 3.66. The van der Waals surface area contributed by atoms with Crippen molar-refractivity contribution in [1.82, 2.24) is 0 Å². The van der Waals surface area contributed by atoms with Crippen LogP contribution < -0.4 is 0 Å². The van der Waals surface area contributed by atoms with Crippen molar-refractivity contribution in [2.75, 3.05) is 19.8 Å². The first-order valence-corrected chi connectivity index (χ1v) is 7.76. The number of carbonyl (C=O) groups excluding carboxylic acids is 2. The summed E-state index contributed by atoms with van der Waals surface area (Å²) in [5.74, 6) is -1.26. The molecule has 5 nitrogen and oxygen atoms in total. The summed E-state index contributed by atoms with van der Waals surface area (Å²) in [7, 11) is 0. The Bertz CT molecular complexity index is 501. The summed E-state index contributed by atoms with van der Waals surface area (Å²) < 4.78 is 17.0. The Morgan fingerprint density at radius 1 is 1.24 bits per heavy atom. The van der Waals surface area contributed by atoms with Gasteiger partial charge in [-0.2, -0.15) is 0 Å². The highest BCUT2D eigenvalue weighted by Gasteiger charge is 2.59. The van der Waals surface area contributed by atoms with Gasteiger partial charge in [0, 0.05) is 18.3 Å². The SMILES string of the molecule is CCOC(=O)C1=C2CCCC3(OCCO3)[C@@]2(C)CCC1=O. The average molecular weight is 294 g/mol. The van der Waals surface area contributed by atoms with Gasteiger partial charge in [0.25, 0.3) is 0 Å². The van der Waals surface area contributed by atoms with E-state index in [9.17, 15) is 9.59 Å². The van der Waals surface area contributed by atoms with E-state index in [0.29, 0.717) is 26.1 Å². The van der Waals surface area contributed by atoms with Crippen LogP contribution in [0.5, 0.6) is 0 Å². The van der Waals surface area contributed by atoms with E-state index in [4.69, 9.17) is 14.2 Å². The minimum absolute atomic E-state index is 0.101. The molecule has 1 spiro atoms. The molecular weight excluding hydrogens is 272 g/mol. The number of hydrogen-bond acceptors (Lipinski definition) is 5. The Labute approximate surface area is 124 Å². The normalized spacial score (nSPS) is 31.4. The largest absolute Gasteiger partial charge is 0.462 e. The molecule has 0 aromatic rings. The monoisotopic (exact) mass is 294 g/mol. The van der Waals surface area contributed by atoms with Gasteiger partial charge in [-0.3, -0.25) is 4.79 Å². The summed E-state index contributed by atoms with van der Waals surface area (Å²) in [4.78, 5) is 24.5. The number of fused-ring (bicyclic) bond motifs is 2. The molecule has 0 bridgehead atoms. The van der Waals surface area contributed by atoms with Gasteiger partial charge in [-0.15, -0.1) is 0 Å². The fraction of sp³-hybridized carbons (Fsp3) is 0.750. The summed E-state index contributed by atoms with van der Waals surface area (Å²) in [5, 5.41) is 0. The number of ketones is 1. The van der Waals surface area contributed by atoms with Crippen LogP contribution in [0.3, 0.4) is 0 Å². The third-order valence-electron chi connectivity index (χ3n) is 5.11. The maximum atomic E-state index is 12.3. The van der Waals surface area contributed by atoms with Crippen LogP contribution in [0.15, 0.2) is 11.1 Å². The van der Waals surface area contributed by atoms with Gasteiger partial charge in [0.15, 0.2) is 11.6 Å². The van der Waals surface area contributed by atoms with Crippen LogP contribution in [-0.4, -0.2) is 37.4 Å². The molecule has 1 saturated heterocycles. The lowest BCUT2D eigenvalue weighted by Gasteiger charge is -2.51. The van der Waals surface area contributed by atoms with Crippen LogP contribution >= 0.6 is 0 Å². The van der Waals surface area contributed by atoms with Gasteiger partial charge < -0.3 is 14.2 Å². The molecule has 1 saturated carbocycles. The maximum Gasteiger partial charge on any atom is 0.341 e. The van der Waals surface area contributed by atoms with Crippen LogP contribution in [0.4, 0.5) is 0 Å². The van der Waals surface area contributed by atoms with Crippen LogP contribution in [-0.2, 0) is 23.8 Å². The molecule has 116 valence electrons. The van der Waals surface area contributed by atoms with Gasteiger partial charge in [-0.05, 0) is 31.8 Å². The van der Waals surface area contributed by atoms with Crippen LogP contribution in [0.25, 0.3) is 0 Å². The van der Waals surface area contributed by atoms with E-state index in [-0.39, 0.29) is 18.0 Å². The highest BCUT2D eigenvalue weighted by atomic mass is 16.7. The molecule has 0 radical (unpaired) electrons.